The Hall–Kier alpha value is -2.57. The maximum Gasteiger partial charge on any atom is 0.335 e. The van der Waals surface area contributed by atoms with Crippen molar-refractivity contribution in [2.75, 3.05) is 14.2 Å². The van der Waals surface area contributed by atoms with Crippen LogP contribution in [0.3, 0.4) is 0 Å². The summed E-state index contributed by atoms with van der Waals surface area (Å²) in [7, 11) is 2.23. The molecule has 0 aliphatic carbocycles. The van der Waals surface area contributed by atoms with E-state index >= 15 is 0 Å². The minimum atomic E-state index is -0.870. The molecule has 0 aliphatic rings. The number of esters is 1. The van der Waals surface area contributed by atoms with E-state index in [0.29, 0.717) is 0 Å². The van der Waals surface area contributed by atoms with Gasteiger partial charge in [-0.05, 0) is 7.11 Å². The fourth-order valence-corrected chi connectivity index (χ4v) is 1.50. The Balaban J connectivity index is 3.18. The summed E-state index contributed by atoms with van der Waals surface area (Å²) in [4.78, 5) is 21.7. The second kappa shape index (κ2) is 6.39. The van der Waals surface area contributed by atoms with E-state index in [4.69, 9.17) is 0 Å². The molecule has 0 fully saturated rings. The van der Waals surface area contributed by atoms with Crippen molar-refractivity contribution in [3.63, 3.8) is 0 Å². The molecule has 0 aromatic heterocycles. The number of nitro benzene ring substituents is 1. The van der Waals surface area contributed by atoms with Crippen molar-refractivity contribution in [3.05, 3.63) is 51.5 Å². The topological polar surface area (TPSA) is 102 Å². The third-order valence-corrected chi connectivity index (χ3v) is 2.42. The van der Waals surface area contributed by atoms with Gasteiger partial charge in [0.15, 0.2) is 0 Å². The summed E-state index contributed by atoms with van der Waals surface area (Å²) in [6.45, 7) is 0. The molecule has 1 rings (SSSR count). The lowest BCUT2D eigenvalue weighted by Gasteiger charge is -2.15. The van der Waals surface area contributed by atoms with E-state index in [1.54, 1.807) is 6.07 Å². The van der Waals surface area contributed by atoms with Crippen LogP contribution in [0.2, 0.25) is 0 Å². The van der Waals surface area contributed by atoms with Crippen LogP contribution in [0, 0.1) is 10.1 Å². The Morgan fingerprint density at radius 1 is 1.26 bits per heavy atom. The standard InChI is InChI=1S/C12H13NO6/c1-18-11(14)9(12(15)19-2)7-8-5-3-4-6-10(8)13(16)17/h3-6,14H,7H2,1-2H3/p-1/b11-9+. The van der Waals surface area contributed by atoms with Crippen LogP contribution in [0.25, 0.3) is 0 Å². The van der Waals surface area contributed by atoms with Crippen molar-refractivity contribution in [3.8, 4) is 0 Å². The predicted octanol–water partition coefficient (Wildman–Crippen LogP) is 0.529. The van der Waals surface area contributed by atoms with E-state index in [2.05, 4.69) is 9.47 Å². The summed E-state index contributed by atoms with van der Waals surface area (Å²) in [5.41, 5.74) is -0.231. The highest BCUT2D eigenvalue weighted by Gasteiger charge is 2.19. The zero-order chi connectivity index (χ0) is 14.4. The van der Waals surface area contributed by atoms with Crippen LogP contribution in [0.4, 0.5) is 5.69 Å². The number of ether oxygens (including phenoxy) is 2. The van der Waals surface area contributed by atoms with Crippen LogP contribution < -0.4 is 5.11 Å². The normalized spacial score (nSPS) is 11.5. The van der Waals surface area contributed by atoms with Gasteiger partial charge in [-0.25, -0.2) is 4.79 Å². The number of carbonyl (C=O) groups excluding carboxylic acids is 1. The molecule has 0 saturated heterocycles. The summed E-state index contributed by atoms with van der Waals surface area (Å²) in [6.07, 6.45) is -0.226. The van der Waals surface area contributed by atoms with Gasteiger partial charge in [-0.15, -0.1) is 0 Å². The van der Waals surface area contributed by atoms with Crippen LogP contribution in [-0.4, -0.2) is 25.1 Å². The number of hydrogen-bond acceptors (Lipinski definition) is 6. The number of benzene rings is 1. The number of nitro groups is 1. The molecular formula is C12H12NO6-. The van der Waals surface area contributed by atoms with Crippen molar-refractivity contribution < 1.29 is 24.3 Å². The van der Waals surface area contributed by atoms with Gasteiger partial charge in [0.2, 0.25) is 0 Å². The minimum Gasteiger partial charge on any atom is -0.616 e. The zero-order valence-electron chi connectivity index (χ0n) is 10.4. The van der Waals surface area contributed by atoms with E-state index in [1.807, 2.05) is 0 Å². The molecule has 0 spiro atoms. The number of hydrogen-bond donors (Lipinski definition) is 0. The van der Waals surface area contributed by atoms with Crippen LogP contribution in [0.1, 0.15) is 5.56 Å². The molecule has 7 nitrogen and oxygen atoms in total. The summed E-state index contributed by atoms with van der Waals surface area (Å²) in [5, 5.41) is 22.3. The number of methoxy groups -OCH3 is 2. The van der Waals surface area contributed by atoms with E-state index < -0.39 is 16.8 Å². The Kier molecular flexibility index (Phi) is 4.87. The third-order valence-electron chi connectivity index (χ3n) is 2.42. The van der Waals surface area contributed by atoms with Gasteiger partial charge in [0, 0.05) is 18.1 Å². The van der Waals surface area contributed by atoms with Gasteiger partial charge < -0.3 is 14.6 Å². The van der Waals surface area contributed by atoms with Crippen molar-refractivity contribution in [1.82, 2.24) is 0 Å². The predicted molar refractivity (Wildman–Crippen MR) is 62.9 cm³/mol. The molecule has 0 unspecified atom stereocenters. The molecule has 7 heteroatoms. The molecule has 0 aliphatic heterocycles. The SMILES string of the molecule is COC(=O)/C(Cc1ccccc1[N+](=O)[O-])=C(\[O-])OC. The van der Waals surface area contributed by atoms with E-state index in [-0.39, 0.29) is 23.2 Å². The zero-order valence-corrected chi connectivity index (χ0v) is 10.4. The monoisotopic (exact) mass is 266 g/mol. The number of nitrogens with zero attached hydrogens (tertiary/aromatic N) is 1. The lowest BCUT2D eigenvalue weighted by molar-refractivity contribution is -0.385. The maximum absolute atomic E-state index is 11.5. The highest BCUT2D eigenvalue weighted by Crippen LogP contribution is 2.22. The van der Waals surface area contributed by atoms with Crippen molar-refractivity contribution in [2.24, 2.45) is 0 Å². The molecular weight excluding hydrogens is 254 g/mol. The maximum atomic E-state index is 11.5. The average Bonchev–Trinajstić information content (AvgIpc) is 2.43. The van der Waals surface area contributed by atoms with Gasteiger partial charge in [-0.1, -0.05) is 18.2 Å². The molecule has 102 valence electrons. The first-order valence-corrected chi connectivity index (χ1v) is 5.26. The minimum absolute atomic E-state index is 0.173. The first-order valence-electron chi connectivity index (χ1n) is 5.26. The van der Waals surface area contributed by atoms with E-state index in [1.165, 1.54) is 18.2 Å². The highest BCUT2D eigenvalue weighted by atomic mass is 16.6. The molecule has 1 aromatic carbocycles. The van der Waals surface area contributed by atoms with Crippen LogP contribution >= 0.6 is 0 Å². The molecule has 0 atom stereocenters. The Morgan fingerprint density at radius 2 is 1.89 bits per heavy atom. The Bertz CT molecular complexity index is 523. The number of para-hydroxylation sites is 1. The molecule has 19 heavy (non-hydrogen) atoms. The summed E-state index contributed by atoms with van der Waals surface area (Å²) in [6, 6.07) is 5.83. The third kappa shape index (κ3) is 3.44. The molecule has 1 aromatic rings. The van der Waals surface area contributed by atoms with Gasteiger partial charge in [-0.2, -0.15) is 0 Å². The summed E-state index contributed by atoms with van der Waals surface area (Å²) < 4.78 is 8.92. The number of rotatable bonds is 5. The van der Waals surface area contributed by atoms with Gasteiger partial charge in [-0.3, -0.25) is 10.1 Å². The average molecular weight is 266 g/mol. The first kappa shape index (κ1) is 14.5. The second-order valence-electron chi connectivity index (χ2n) is 3.52. The second-order valence-corrected chi connectivity index (χ2v) is 3.52. The summed E-state index contributed by atoms with van der Waals surface area (Å²) >= 11 is 0. The molecule has 0 heterocycles. The Morgan fingerprint density at radius 3 is 2.42 bits per heavy atom. The molecule has 0 bridgehead atoms. The molecule has 0 N–H and O–H groups in total. The van der Waals surface area contributed by atoms with Crippen molar-refractivity contribution in [1.29, 1.82) is 0 Å². The van der Waals surface area contributed by atoms with Gasteiger partial charge in [0.25, 0.3) is 5.69 Å². The fraction of sp³-hybridized carbons (Fsp3) is 0.250. The Labute approximate surface area is 109 Å². The van der Waals surface area contributed by atoms with Gasteiger partial charge in [0.1, 0.15) is 0 Å². The van der Waals surface area contributed by atoms with Crippen molar-refractivity contribution in [2.45, 2.75) is 6.42 Å². The first-order chi connectivity index (χ1) is 9.01. The van der Waals surface area contributed by atoms with Crippen LogP contribution in [0.5, 0.6) is 0 Å². The van der Waals surface area contributed by atoms with Gasteiger partial charge >= 0.3 is 5.97 Å². The molecule has 0 radical (unpaired) electrons. The van der Waals surface area contributed by atoms with Crippen LogP contribution in [0.15, 0.2) is 35.8 Å². The van der Waals surface area contributed by atoms with Crippen LogP contribution in [-0.2, 0) is 20.7 Å². The molecule has 0 saturated carbocycles. The highest BCUT2D eigenvalue weighted by molar-refractivity contribution is 5.89. The largest absolute Gasteiger partial charge is 0.616 e. The smallest absolute Gasteiger partial charge is 0.335 e. The summed E-state index contributed by atoms with van der Waals surface area (Å²) in [5.74, 6) is -1.74. The molecule has 0 amide bonds. The lowest BCUT2D eigenvalue weighted by Crippen LogP contribution is -2.18. The lowest BCUT2D eigenvalue weighted by atomic mass is 10.0. The van der Waals surface area contributed by atoms with Crippen molar-refractivity contribution >= 4 is 11.7 Å². The van der Waals surface area contributed by atoms with E-state index in [0.717, 1.165) is 14.2 Å². The van der Waals surface area contributed by atoms with E-state index in [9.17, 15) is 20.0 Å². The number of carbonyl (C=O) groups is 1. The fourth-order valence-electron chi connectivity index (χ4n) is 1.50. The quantitative estimate of drug-likeness (QED) is 0.253. The van der Waals surface area contributed by atoms with Gasteiger partial charge in [0.05, 0.1) is 23.6 Å².